The molecule has 0 aromatic heterocycles. The van der Waals surface area contributed by atoms with Gasteiger partial charge in [0.05, 0.1) is 5.69 Å². The van der Waals surface area contributed by atoms with E-state index in [9.17, 15) is 0 Å². The van der Waals surface area contributed by atoms with Crippen LogP contribution >= 0.6 is 0 Å². The molecule has 0 N–H and O–H groups in total. The molecule has 2 bridgehead atoms. The van der Waals surface area contributed by atoms with Crippen LogP contribution in [0.3, 0.4) is 0 Å². The number of nitrogens with zero attached hydrogens (tertiary/aromatic N) is 1. The fraction of sp³-hybridized carbons (Fsp3) is 0.276. The maximum Gasteiger partial charge on any atom is 0.0540 e. The summed E-state index contributed by atoms with van der Waals surface area (Å²) in [6, 6.07) is 62.5. The Kier molecular flexibility index (Phi) is 9.18. The van der Waals surface area contributed by atoms with Crippen molar-refractivity contribution in [3.8, 4) is 44.5 Å². The monoisotopic (exact) mass is 765 g/mol. The van der Waals surface area contributed by atoms with E-state index in [1.807, 2.05) is 0 Å². The lowest BCUT2D eigenvalue weighted by Crippen LogP contribution is -2.17. The largest absolute Gasteiger partial charge is 0.310 e. The minimum atomic E-state index is -0.178. The van der Waals surface area contributed by atoms with Gasteiger partial charge in [-0.3, -0.25) is 0 Å². The molecular weight excluding hydrogens is 711 g/mol. The Morgan fingerprint density at radius 2 is 1.08 bits per heavy atom. The molecule has 11 rings (SSSR count). The first-order chi connectivity index (χ1) is 29.0. The maximum absolute atomic E-state index is 2.57. The van der Waals surface area contributed by atoms with Crippen LogP contribution in [0.15, 0.2) is 164 Å². The van der Waals surface area contributed by atoms with Gasteiger partial charge in [0.25, 0.3) is 0 Å². The molecule has 3 atom stereocenters. The van der Waals surface area contributed by atoms with Crippen molar-refractivity contribution < 1.29 is 0 Å². The highest BCUT2D eigenvalue weighted by molar-refractivity contribution is 5.92. The van der Waals surface area contributed by atoms with E-state index in [1.54, 1.807) is 0 Å². The molecule has 4 aliphatic rings. The fourth-order valence-electron chi connectivity index (χ4n) is 12.0. The Morgan fingerprint density at radius 1 is 0.458 bits per heavy atom. The summed E-state index contributed by atoms with van der Waals surface area (Å²) < 4.78 is 0. The summed E-state index contributed by atoms with van der Waals surface area (Å²) in [6.45, 7) is 4.86. The zero-order valence-electron chi connectivity index (χ0n) is 34.7. The second-order valence-corrected chi connectivity index (χ2v) is 18.7. The normalized spacial score (nSPS) is 20.3. The van der Waals surface area contributed by atoms with E-state index < -0.39 is 0 Å². The molecule has 1 nitrogen and oxygen atoms in total. The summed E-state index contributed by atoms with van der Waals surface area (Å²) >= 11 is 0. The summed E-state index contributed by atoms with van der Waals surface area (Å²) in [7, 11) is 0. The van der Waals surface area contributed by atoms with E-state index in [2.05, 4.69) is 183 Å². The summed E-state index contributed by atoms with van der Waals surface area (Å²) in [4.78, 5) is 2.57. The molecule has 4 aliphatic carbocycles. The molecule has 0 saturated heterocycles. The van der Waals surface area contributed by atoms with Crippen LogP contribution in [-0.4, -0.2) is 0 Å². The van der Waals surface area contributed by atoms with Crippen molar-refractivity contribution in [1.82, 2.24) is 0 Å². The van der Waals surface area contributed by atoms with Gasteiger partial charge in [-0.25, -0.2) is 0 Å². The summed E-state index contributed by atoms with van der Waals surface area (Å²) in [5, 5.41) is 0. The number of rotatable bonds is 8. The van der Waals surface area contributed by atoms with Gasteiger partial charge in [-0.1, -0.05) is 167 Å². The lowest BCUT2D eigenvalue weighted by atomic mass is 9.80. The van der Waals surface area contributed by atoms with Crippen molar-refractivity contribution in [2.24, 2.45) is 11.8 Å². The SMILES string of the molecule is CC1(C)c2cc(-c3ccccc3-c3ccccc3)ccc2-c2ccc(N(c3ccc(C4CC5CCC4C5)cc3)c3ccccc3-c3ccccc3C3CCCCC3)cc21. The molecule has 0 heterocycles. The topological polar surface area (TPSA) is 3.24 Å². The van der Waals surface area contributed by atoms with Crippen LogP contribution in [0.5, 0.6) is 0 Å². The molecule has 0 aliphatic heterocycles. The van der Waals surface area contributed by atoms with Crippen LogP contribution < -0.4 is 4.90 Å². The lowest BCUT2D eigenvalue weighted by Gasteiger charge is -2.31. The van der Waals surface area contributed by atoms with Gasteiger partial charge in [-0.05, 0) is 153 Å². The Balaban J connectivity index is 1.02. The second kappa shape index (κ2) is 14.9. The molecular formula is C58H55N. The molecule has 1 heteroatoms. The number of hydrogen-bond donors (Lipinski definition) is 0. The van der Waals surface area contributed by atoms with Crippen molar-refractivity contribution in [3.05, 3.63) is 186 Å². The molecule has 59 heavy (non-hydrogen) atoms. The third kappa shape index (κ3) is 6.37. The van der Waals surface area contributed by atoms with Crippen LogP contribution in [0.25, 0.3) is 44.5 Å². The van der Waals surface area contributed by atoms with Gasteiger partial charge in [-0.2, -0.15) is 0 Å². The second-order valence-electron chi connectivity index (χ2n) is 18.7. The van der Waals surface area contributed by atoms with Crippen LogP contribution in [0.1, 0.15) is 106 Å². The Hall–Kier alpha value is -5.66. The standard InChI is InChI=1S/C58H55N/c1-58(2)55-37-44(49-21-10-9-19-47(49)40-15-5-3-6-16-40)29-33-51(55)52-34-32-46(38-56(52)58)59(45-30-27-42(28-31-45)54-36-39-25-26-43(54)35-39)57-24-14-13-23-53(57)50-22-12-11-20-48(50)41-17-7-4-8-18-41/h3,5-6,9-16,19-24,27-34,37-39,41,43,54H,4,7-8,17-18,25-26,35-36H2,1-2H3. The number of fused-ring (bicyclic) bond motifs is 5. The van der Waals surface area contributed by atoms with Crippen LogP contribution in [0, 0.1) is 11.8 Å². The molecule has 7 aromatic rings. The fourth-order valence-corrected chi connectivity index (χ4v) is 12.0. The quantitative estimate of drug-likeness (QED) is 0.149. The van der Waals surface area contributed by atoms with E-state index >= 15 is 0 Å². The van der Waals surface area contributed by atoms with E-state index in [1.165, 1.54) is 142 Å². The molecule has 3 unspecified atom stereocenters. The van der Waals surface area contributed by atoms with Crippen molar-refractivity contribution in [2.45, 2.75) is 88.9 Å². The minimum absolute atomic E-state index is 0.178. The Labute approximate surface area is 351 Å². The van der Waals surface area contributed by atoms with E-state index in [4.69, 9.17) is 0 Å². The van der Waals surface area contributed by atoms with Gasteiger partial charge < -0.3 is 4.90 Å². The molecule has 3 fully saturated rings. The van der Waals surface area contributed by atoms with E-state index in [0.717, 1.165) is 17.8 Å². The highest BCUT2D eigenvalue weighted by Crippen LogP contribution is 2.55. The van der Waals surface area contributed by atoms with Gasteiger partial charge in [0.2, 0.25) is 0 Å². The predicted octanol–water partition coefficient (Wildman–Crippen LogP) is 16.4. The van der Waals surface area contributed by atoms with E-state index in [0.29, 0.717) is 5.92 Å². The zero-order valence-corrected chi connectivity index (χ0v) is 34.7. The summed E-state index contributed by atoms with van der Waals surface area (Å²) in [6.07, 6.45) is 12.2. The highest BCUT2D eigenvalue weighted by Gasteiger charge is 2.40. The molecule has 0 spiro atoms. The lowest BCUT2D eigenvalue weighted by molar-refractivity contribution is 0.420. The third-order valence-corrected chi connectivity index (χ3v) is 15.0. The smallest absolute Gasteiger partial charge is 0.0540 e. The van der Waals surface area contributed by atoms with Crippen molar-refractivity contribution >= 4 is 17.1 Å². The third-order valence-electron chi connectivity index (χ3n) is 15.0. The molecule has 0 radical (unpaired) electrons. The van der Waals surface area contributed by atoms with Gasteiger partial charge in [0.15, 0.2) is 0 Å². The minimum Gasteiger partial charge on any atom is -0.310 e. The summed E-state index contributed by atoms with van der Waals surface area (Å²) in [5.41, 5.74) is 19.8. The predicted molar refractivity (Wildman–Crippen MR) is 249 cm³/mol. The van der Waals surface area contributed by atoms with Gasteiger partial charge >= 0.3 is 0 Å². The number of benzene rings is 7. The van der Waals surface area contributed by atoms with Crippen LogP contribution in [0.2, 0.25) is 0 Å². The number of anilines is 3. The first-order valence-corrected chi connectivity index (χ1v) is 22.5. The number of hydrogen-bond acceptors (Lipinski definition) is 1. The average Bonchev–Trinajstić information content (AvgIpc) is 4.00. The van der Waals surface area contributed by atoms with Gasteiger partial charge in [-0.15, -0.1) is 0 Å². The molecule has 292 valence electrons. The van der Waals surface area contributed by atoms with Crippen LogP contribution in [-0.2, 0) is 5.41 Å². The molecule has 7 aromatic carbocycles. The maximum atomic E-state index is 2.57. The van der Waals surface area contributed by atoms with Crippen LogP contribution in [0.4, 0.5) is 17.1 Å². The van der Waals surface area contributed by atoms with E-state index in [-0.39, 0.29) is 5.41 Å². The van der Waals surface area contributed by atoms with Gasteiger partial charge in [0.1, 0.15) is 0 Å². The van der Waals surface area contributed by atoms with Crippen molar-refractivity contribution in [1.29, 1.82) is 0 Å². The van der Waals surface area contributed by atoms with Crippen molar-refractivity contribution in [2.75, 3.05) is 4.90 Å². The highest BCUT2D eigenvalue weighted by atomic mass is 15.1. The van der Waals surface area contributed by atoms with Crippen molar-refractivity contribution in [3.63, 3.8) is 0 Å². The summed E-state index contributed by atoms with van der Waals surface area (Å²) in [5.74, 6) is 3.14. The number of para-hydroxylation sites is 1. The zero-order chi connectivity index (χ0) is 39.5. The average molecular weight is 766 g/mol. The Bertz CT molecular complexity index is 2640. The van der Waals surface area contributed by atoms with Gasteiger partial charge in [0, 0.05) is 22.4 Å². The molecule has 3 saturated carbocycles. The Morgan fingerprint density at radius 3 is 1.81 bits per heavy atom. The molecule has 0 amide bonds. The first-order valence-electron chi connectivity index (χ1n) is 22.5. The first kappa shape index (κ1) is 36.4.